The van der Waals surface area contributed by atoms with Gasteiger partial charge in [-0.15, -0.1) is 0 Å². The molecule has 0 saturated carbocycles. The van der Waals surface area contributed by atoms with Gasteiger partial charge in [-0.25, -0.2) is 9.59 Å². The summed E-state index contributed by atoms with van der Waals surface area (Å²) in [6, 6.07) is 4.00. The van der Waals surface area contributed by atoms with E-state index in [0.29, 0.717) is 44.7 Å². The van der Waals surface area contributed by atoms with Crippen molar-refractivity contribution in [2.75, 3.05) is 40.0 Å². The van der Waals surface area contributed by atoms with E-state index in [9.17, 15) is 9.59 Å². The normalized spacial score (nSPS) is 18.4. The minimum Gasteiger partial charge on any atom is -0.447 e. The molecule has 31 heavy (non-hydrogen) atoms. The molecule has 0 unspecified atom stereocenters. The number of aryl methyl sites for hydroxylation is 3. The van der Waals surface area contributed by atoms with Crippen molar-refractivity contribution in [3.05, 3.63) is 40.1 Å². The molecule has 0 amide bonds. The van der Waals surface area contributed by atoms with E-state index in [2.05, 4.69) is 0 Å². The van der Waals surface area contributed by atoms with Crippen LogP contribution < -0.4 is 0 Å². The Morgan fingerprint density at radius 2 is 1.77 bits per heavy atom. The highest BCUT2D eigenvalue weighted by molar-refractivity contribution is 6.20. The molecule has 3 rings (SSSR count). The molecule has 2 aliphatic heterocycles. The molecular weight excluding hydrogens is 402 g/mol. The lowest BCUT2D eigenvalue weighted by Crippen LogP contribution is -2.46. The number of carbonyl (C=O) groups is 2. The fourth-order valence-electron chi connectivity index (χ4n) is 4.32. The van der Waals surface area contributed by atoms with Gasteiger partial charge in [0.1, 0.15) is 5.57 Å². The summed E-state index contributed by atoms with van der Waals surface area (Å²) in [6.07, 6.45) is 0.0378. The molecule has 8 nitrogen and oxygen atoms in total. The van der Waals surface area contributed by atoms with E-state index in [0.717, 1.165) is 22.3 Å². The maximum Gasteiger partial charge on any atom is 0.513 e. The maximum atomic E-state index is 13.1. The van der Waals surface area contributed by atoms with E-state index in [1.807, 2.05) is 38.0 Å². The second-order valence-corrected chi connectivity index (χ2v) is 7.90. The van der Waals surface area contributed by atoms with Crippen molar-refractivity contribution in [2.24, 2.45) is 0 Å². The molecule has 0 aliphatic carbocycles. The zero-order valence-corrected chi connectivity index (χ0v) is 18.9. The van der Waals surface area contributed by atoms with Crippen molar-refractivity contribution < 1.29 is 33.4 Å². The molecule has 2 heterocycles. The third-order valence-electron chi connectivity index (χ3n) is 5.60. The first-order valence-corrected chi connectivity index (χ1v) is 10.6. The summed E-state index contributed by atoms with van der Waals surface area (Å²) in [5.74, 6) is -0.245. The summed E-state index contributed by atoms with van der Waals surface area (Å²) in [5, 5.41) is 1.82. The number of benzene rings is 1. The van der Waals surface area contributed by atoms with Gasteiger partial charge in [-0.05, 0) is 44.4 Å². The Morgan fingerprint density at radius 1 is 1.13 bits per heavy atom. The Balaban J connectivity index is 1.98. The second kappa shape index (κ2) is 9.80. The zero-order chi connectivity index (χ0) is 22.6. The molecule has 1 fully saturated rings. The fourth-order valence-corrected chi connectivity index (χ4v) is 4.32. The lowest BCUT2D eigenvalue weighted by atomic mass is 9.86. The highest BCUT2D eigenvalue weighted by atomic mass is 16.7. The van der Waals surface area contributed by atoms with Crippen molar-refractivity contribution in [1.29, 1.82) is 0 Å². The van der Waals surface area contributed by atoms with Crippen molar-refractivity contribution in [1.82, 2.24) is 5.06 Å². The van der Waals surface area contributed by atoms with E-state index < -0.39 is 17.7 Å². The SMILES string of the molecule is CCOC(=O)OC1=C(c2c(C)cc(C)cc2C)C(=O)OC12CCN(OCCOC)CC2. The predicted octanol–water partition coefficient (Wildman–Crippen LogP) is 3.47. The topological polar surface area (TPSA) is 83.5 Å². The van der Waals surface area contributed by atoms with E-state index >= 15 is 0 Å². The standard InChI is InChI=1S/C23H31NO7/c1-6-28-22(26)30-20-19(18-16(3)13-15(2)14-17(18)4)21(25)31-23(20)7-9-24(10-8-23)29-12-11-27-5/h13-14H,6-12H2,1-5H3. The van der Waals surface area contributed by atoms with E-state index in [1.54, 1.807) is 14.0 Å². The Labute approximate surface area is 183 Å². The summed E-state index contributed by atoms with van der Waals surface area (Å²) in [6.45, 7) is 9.73. The van der Waals surface area contributed by atoms with Crippen LogP contribution in [0.15, 0.2) is 17.9 Å². The number of carbonyl (C=O) groups excluding carboxylic acids is 2. The van der Waals surface area contributed by atoms with Gasteiger partial charge in [0.05, 0.1) is 19.8 Å². The number of hydrogen-bond donors (Lipinski definition) is 0. The Kier molecular flexibility index (Phi) is 7.35. The molecule has 0 aromatic heterocycles. The summed E-state index contributed by atoms with van der Waals surface area (Å²) in [4.78, 5) is 31.1. The first-order valence-electron chi connectivity index (χ1n) is 10.6. The van der Waals surface area contributed by atoms with Crippen LogP contribution in [-0.4, -0.2) is 62.8 Å². The van der Waals surface area contributed by atoms with E-state index in [4.69, 9.17) is 23.8 Å². The van der Waals surface area contributed by atoms with Gasteiger partial charge in [-0.2, -0.15) is 5.06 Å². The number of hydroxylamine groups is 2. The largest absolute Gasteiger partial charge is 0.513 e. The van der Waals surface area contributed by atoms with E-state index in [-0.39, 0.29) is 12.4 Å². The second-order valence-electron chi connectivity index (χ2n) is 7.90. The van der Waals surface area contributed by atoms with Crippen LogP contribution in [0, 0.1) is 20.8 Å². The van der Waals surface area contributed by atoms with Crippen LogP contribution in [-0.2, 0) is 28.6 Å². The van der Waals surface area contributed by atoms with Crippen molar-refractivity contribution in [2.45, 2.75) is 46.1 Å². The summed E-state index contributed by atoms with van der Waals surface area (Å²) < 4.78 is 21.6. The number of hydrogen-bond acceptors (Lipinski definition) is 8. The van der Waals surface area contributed by atoms with Crippen LogP contribution in [0.2, 0.25) is 0 Å². The zero-order valence-electron chi connectivity index (χ0n) is 18.9. The molecule has 1 aromatic rings. The molecule has 0 N–H and O–H groups in total. The van der Waals surface area contributed by atoms with Crippen LogP contribution in [0.3, 0.4) is 0 Å². The summed E-state index contributed by atoms with van der Waals surface area (Å²) >= 11 is 0. The smallest absolute Gasteiger partial charge is 0.447 e. The average Bonchev–Trinajstić information content (AvgIpc) is 2.95. The van der Waals surface area contributed by atoms with Gasteiger partial charge >= 0.3 is 12.1 Å². The third kappa shape index (κ3) is 4.92. The van der Waals surface area contributed by atoms with Gasteiger partial charge in [0, 0.05) is 33.0 Å². The molecule has 1 aromatic carbocycles. The van der Waals surface area contributed by atoms with Crippen molar-refractivity contribution in [3.8, 4) is 0 Å². The predicted molar refractivity (Wildman–Crippen MR) is 113 cm³/mol. The average molecular weight is 434 g/mol. The monoisotopic (exact) mass is 433 g/mol. The first-order chi connectivity index (χ1) is 14.8. The van der Waals surface area contributed by atoms with Crippen LogP contribution in [0.5, 0.6) is 0 Å². The minimum absolute atomic E-state index is 0.174. The summed E-state index contributed by atoms with van der Waals surface area (Å²) in [5.41, 5.74) is 2.96. The lowest BCUT2D eigenvalue weighted by molar-refractivity contribution is -0.202. The highest BCUT2D eigenvalue weighted by Gasteiger charge is 2.53. The van der Waals surface area contributed by atoms with Gasteiger partial charge in [-0.3, -0.25) is 4.84 Å². The molecule has 1 spiro atoms. The number of methoxy groups -OCH3 is 1. The van der Waals surface area contributed by atoms with Gasteiger partial charge in [-0.1, -0.05) is 17.7 Å². The molecule has 0 radical (unpaired) electrons. The Morgan fingerprint density at radius 3 is 2.35 bits per heavy atom. The Bertz CT molecular complexity index is 846. The number of esters is 1. The Hall–Kier alpha value is -2.42. The van der Waals surface area contributed by atoms with E-state index in [1.165, 1.54) is 0 Å². The summed E-state index contributed by atoms with van der Waals surface area (Å²) in [7, 11) is 1.62. The molecule has 1 saturated heterocycles. The first kappa shape index (κ1) is 23.2. The number of ether oxygens (including phenoxy) is 4. The van der Waals surface area contributed by atoms with Crippen molar-refractivity contribution in [3.63, 3.8) is 0 Å². The van der Waals surface area contributed by atoms with Crippen LogP contribution in [0.25, 0.3) is 5.57 Å². The third-order valence-corrected chi connectivity index (χ3v) is 5.60. The number of piperidine rings is 1. The molecule has 2 aliphatic rings. The van der Waals surface area contributed by atoms with Crippen LogP contribution in [0.4, 0.5) is 4.79 Å². The van der Waals surface area contributed by atoms with Gasteiger partial charge in [0.25, 0.3) is 0 Å². The minimum atomic E-state index is -1.02. The van der Waals surface area contributed by atoms with Crippen LogP contribution >= 0.6 is 0 Å². The molecule has 170 valence electrons. The molecule has 8 heteroatoms. The quantitative estimate of drug-likeness (QED) is 0.478. The number of nitrogens with zero attached hydrogens (tertiary/aromatic N) is 1. The fraction of sp³-hybridized carbons (Fsp3) is 0.565. The number of rotatable bonds is 7. The molecular formula is C23H31NO7. The molecule has 0 atom stereocenters. The maximum absolute atomic E-state index is 13.1. The molecule has 0 bridgehead atoms. The lowest BCUT2D eigenvalue weighted by Gasteiger charge is -2.37. The van der Waals surface area contributed by atoms with Gasteiger partial charge in [0.15, 0.2) is 11.4 Å². The van der Waals surface area contributed by atoms with Crippen LogP contribution in [0.1, 0.15) is 42.0 Å². The highest BCUT2D eigenvalue weighted by Crippen LogP contribution is 2.46. The van der Waals surface area contributed by atoms with Crippen molar-refractivity contribution >= 4 is 17.7 Å². The van der Waals surface area contributed by atoms with Gasteiger partial charge in [0.2, 0.25) is 0 Å². The van der Waals surface area contributed by atoms with Gasteiger partial charge < -0.3 is 18.9 Å².